The molecule has 132 valence electrons. The molecule has 2 rings (SSSR count). The first kappa shape index (κ1) is 20.5. The minimum absolute atomic E-state index is 0. The summed E-state index contributed by atoms with van der Waals surface area (Å²) in [6, 6.07) is 5.68. The Kier molecular flexibility index (Phi) is 8.83. The molecule has 2 aromatic rings. The number of benzene rings is 1. The summed E-state index contributed by atoms with van der Waals surface area (Å²) in [6.07, 6.45) is 1.87. The molecule has 0 unspecified atom stereocenters. The van der Waals surface area contributed by atoms with Crippen molar-refractivity contribution >= 4 is 47.0 Å². The van der Waals surface area contributed by atoms with Crippen LogP contribution >= 0.6 is 35.3 Å². The van der Waals surface area contributed by atoms with Gasteiger partial charge in [-0.25, -0.2) is 4.98 Å². The van der Waals surface area contributed by atoms with E-state index in [-0.39, 0.29) is 24.0 Å². The first-order valence-corrected chi connectivity index (χ1v) is 8.17. The number of aromatic nitrogens is 1. The minimum atomic E-state index is 0. The van der Waals surface area contributed by atoms with Gasteiger partial charge >= 0.3 is 0 Å². The molecule has 0 atom stereocenters. The summed E-state index contributed by atoms with van der Waals surface area (Å²) < 4.78 is 10.9. The van der Waals surface area contributed by atoms with Crippen LogP contribution in [0.3, 0.4) is 0 Å². The van der Waals surface area contributed by atoms with E-state index in [4.69, 9.17) is 9.47 Å². The Hall–Kier alpha value is -1.55. The lowest BCUT2D eigenvalue weighted by atomic mass is 10.2. The molecule has 1 aromatic heterocycles. The molecule has 0 saturated heterocycles. The SMILES string of the molecule is CCOc1cc(NC(=NC)NCc2ncc(C)s2)ccc1OC.I. The van der Waals surface area contributed by atoms with Gasteiger partial charge in [-0.05, 0) is 26.0 Å². The van der Waals surface area contributed by atoms with E-state index in [0.717, 1.165) is 10.7 Å². The number of methoxy groups -OCH3 is 1. The van der Waals surface area contributed by atoms with Crippen LogP contribution in [-0.4, -0.2) is 31.7 Å². The van der Waals surface area contributed by atoms with Crippen LogP contribution in [0.15, 0.2) is 29.4 Å². The van der Waals surface area contributed by atoms with Crippen molar-refractivity contribution in [2.24, 2.45) is 4.99 Å². The number of halogens is 1. The van der Waals surface area contributed by atoms with Crippen molar-refractivity contribution in [1.29, 1.82) is 0 Å². The summed E-state index contributed by atoms with van der Waals surface area (Å²) in [5.74, 6) is 2.08. The summed E-state index contributed by atoms with van der Waals surface area (Å²) in [6.45, 7) is 5.19. The van der Waals surface area contributed by atoms with E-state index < -0.39 is 0 Å². The van der Waals surface area contributed by atoms with E-state index in [0.29, 0.717) is 30.6 Å². The van der Waals surface area contributed by atoms with E-state index in [1.807, 2.05) is 38.2 Å². The molecule has 0 fully saturated rings. The van der Waals surface area contributed by atoms with Crippen LogP contribution in [-0.2, 0) is 6.54 Å². The minimum Gasteiger partial charge on any atom is -0.493 e. The molecule has 24 heavy (non-hydrogen) atoms. The lowest BCUT2D eigenvalue weighted by Gasteiger charge is -2.14. The van der Waals surface area contributed by atoms with Gasteiger partial charge in [0.1, 0.15) is 5.01 Å². The number of hydrogen-bond donors (Lipinski definition) is 2. The van der Waals surface area contributed by atoms with Gasteiger partial charge in [0, 0.05) is 29.9 Å². The van der Waals surface area contributed by atoms with Crippen molar-refractivity contribution in [2.75, 3.05) is 26.1 Å². The number of rotatable bonds is 6. The molecule has 2 N–H and O–H groups in total. The van der Waals surface area contributed by atoms with Crippen molar-refractivity contribution in [3.63, 3.8) is 0 Å². The second-order valence-corrected chi connectivity index (χ2v) is 6.03. The summed E-state index contributed by atoms with van der Waals surface area (Å²) in [5, 5.41) is 7.50. The standard InChI is InChI=1S/C16H22N4O2S.HI/c1-5-22-14-8-12(6-7-13(14)21-4)20-16(17-3)19-10-15-18-9-11(2)23-15;/h6-9H,5,10H2,1-4H3,(H2,17,19,20);1H. The van der Waals surface area contributed by atoms with E-state index >= 15 is 0 Å². The number of guanidine groups is 1. The molecular formula is C16H23IN4O2S. The average molecular weight is 462 g/mol. The lowest BCUT2D eigenvalue weighted by molar-refractivity contribution is 0.311. The number of anilines is 1. The van der Waals surface area contributed by atoms with Crippen molar-refractivity contribution in [3.8, 4) is 11.5 Å². The zero-order valence-electron chi connectivity index (χ0n) is 14.3. The Labute approximate surface area is 163 Å². The number of ether oxygens (including phenoxy) is 2. The van der Waals surface area contributed by atoms with E-state index in [1.165, 1.54) is 4.88 Å². The van der Waals surface area contributed by atoms with E-state index in [2.05, 4.69) is 20.6 Å². The number of nitrogens with one attached hydrogen (secondary N) is 2. The molecular weight excluding hydrogens is 439 g/mol. The fourth-order valence-corrected chi connectivity index (χ4v) is 2.71. The number of hydrogen-bond acceptors (Lipinski definition) is 5. The first-order chi connectivity index (χ1) is 11.2. The van der Waals surface area contributed by atoms with Gasteiger partial charge in [0.05, 0.1) is 20.3 Å². The molecule has 0 aliphatic carbocycles. The topological polar surface area (TPSA) is 67.8 Å². The van der Waals surface area contributed by atoms with Crippen LogP contribution in [0.1, 0.15) is 16.8 Å². The highest BCUT2D eigenvalue weighted by Crippen LogP contribution is 2.30. The number of aryl methyl sites for hydroxylation is 1. The van der Waals surface area contributed by atoms with Gasteiger partial charge < -0.3 is 20.1 Å². The predicted octanol–water partition coefficient (Wildman–Crippen LogP) is 3.66. The number of thiazole rings is 1. The highest BCUT2D eigenvalue weighted by molar-refractivity contribution is 14.0. The van der Waals surface area contributed by atoms with Crippen molar-refractivity contribution in [1.82, 2.24) is 10.3 Å². The average Bonchev–Trinajstić information content (AvgIpc) is 2.97. The van der Waals surface area contributed by atoms with E-state index in [1.54, 1.807) is 25.5 Å². The Balaban J connectivity index is 0.00000288. The van der Waals surface area contributed by atoms with Gasteiger partial charge in [-0.15, -0.1) is 35.3 Å². The molecule has 0 amide bonds. The van der Waals surface area contributed by atoms with Crippen LogP contribution in [0, 0.1) is 6.92 Å². The fraction of sp³-hybridized carbons (Fsp3) is 0.375. The first-order valence-electron chi connectivity index (χ1n) is 7.36. The maximum atomic E-state index is 5.58. The summed E-state index contributed by atoms with van der Waals surface area (Å²) in [7, 11) is 3.36. The predicted molar refractivity (Wildman–Crippen MR) is 110 cm³/mol. The fourth-order valence-electron chi connectivity index (χ4n) is 1.98. The third kappa shape index (κ3) is 5.82. The molecule has 0 aliphatic heterocycles. The Morgan fingerprint density at radius 1 is 1.33 bits per heavy atom. The zero-order chi connectivity index (χ0) is 16.7. The monoisotopic (exact) mass is 462 g/mol. The largest absolute Gasteiger partial charge is 0.493 e. The summed E-state index contributed by atoms with van der Waals surface area (Å²) in [4.78, 5) is 9.75. The maximum absolute atomic E-state index is 5.58. The third-order valence-corrected chi connectivity index (χ3v) is 3.94. The second-order valence-electron chi connectivity index (χ2n) is 4.71. The molecule has 6 nitrogen and oxygen atoms in total. The van der Waals surface area contributed by atoms with E-state index in [9.17, 15) is 0 Å². The smallest absolute Gasteiger partial charge is 0.195 e. The Bertz CT molecular complexity index is 676. The Morgan fingerprint density at radius 2 is 2.12 bits per heavy atom. The van der Waals surface area contributed by atoms with Crippen molar-refractivity contribution < 1.29 is 9.47 Å². The quantitative estimate of drug-likeness (QED) is 0.390. The van der Waals surface area contributed by atoms with Gasteiger partial charge in [-0.1, -0.05) is 0 Å². The van der Waals surface area contributed by atoms with Crippen LogP contribution in [0.4, 0.5) is 5.69 Å². The van der Waals surface area contributed by atoms with Gasteiger partial charge in [0.15, 0.2) is 17.5 Å². The molecule has 0 spiro atoms. The molecule has 1 heterocycles. The molecule has 0 aliphatic rings. The number of aliphatic imine (C=N–C) groups is 1. The lowest BCUT2D eigenvalue weighted by Crippen LogP contribution is -2.30. The van der Waals surface area contributed by atoms with Crippen LogP contribution in [0.5, 0.6) is 11.5 Å². The molecule has 0 bridgehead atoms. The maximum Gasteiger partial charge on any atom is 0.195 e. The van der Waals surface area contributed by atoms with Gasteiger partial charge in [0.2, 0.25) is 0 Å². The number of nitrogens with zero attached hydrogens (tertiary/aromatic N) is 2. The van der Waals surface area contributed by atoms with Crippen LogP contribution in [0.25, 0.3) is 0 Å². The molecule has 1 aromatic carbocycles. The van der Waals surface area contributed by atoms with Crippen molar-refractivity contribution in [3.05, 3.63) is 34.3 Å². The molecule has 8 heteroatoms. The second kappa shape index (κ2) is 10.3. The zero-order valence-corrected chi connectivity index (χ0v) is 17.4. The van der Waals surface area contributed by atoms with Crippen LogP contribution < -0.4 is 20.1 Å². The summed E-state index contributed by atoms with van der Waals surface area (Å²) >= 11 is 1.67. The van der Waals surface area contributed by atoms with Gasteiger partial charge in [-0.3, -0.25) is 4.99 Å². The highest BCUT2D eigenvalue weighted by atomic mass is 127. The van der Waals surface area contributed by atoms with Gasteiger partial charge in [0.25, 0.3) is 0 Å². The normalized spacial score (nSPS) is 10.8. The van der Waals surface area contributed by atoms with Gasteiger partial charge in [-0.2, -0.15) is 0 Å². The third-order valence-electron chi connectivity index (χ3n) is 3.03. The molecule has 0 radical (unpaired) electrons. The van der Waals surface area contributed by atoms with Crippen LogP contribution in [0.2, 0.25) is 0 Å². The molecule has 0 saturated carbocycles. The summed E-state index contributed by atoms with van der Waals surface area (Å²) in [5.41, 5.74) is 0.873. The Morgan fingerprint density at radius 3 is 2.71 bits per heavy atom. The highest BCUT2D eigenvalue weighted by Gasteiger charge is 2.07. The van der Waals surface area contributed by atoms with Crippen molar-refractivity contribution in [2.45, 2.75) is 20.4 Å².